The predicted molar refractivity (Wildman–Crippen MR) is 82.5 cm³/mol. The van der Waals surface area contributed by atoms with Gasteiger partial charge in [-0.2, -0.15) is 4.98 Å². The van der Waals surface area contributed by atoms with Gasteiger partial charge in [-0.25, -0.2) is 9.97 Å². The van der Waals surface area contributed by atoms with Gasteiger partial charge in [-0.3, -0.25) is 0 Å². The molecule has 1 fully saturated rings. The number of rotatable bonds is 4. The van der Waals surface area contributed by atoms with Crippen LogP contribution in [0.15, 0.2) is 6.33 Å². The zero-order valence-electron chi connectivity index (χ0n) is 10.9. The standard InChI is InChI=1S/C11H20N6.2ClH/c12-5-6-13-10-14-9-15-11(16-10)17-7-3-1-2-4-8-17;;/h9H,1-8,12H2,(H,13,14,15,16);2*1H. The van der Waals surface area contributed by atoms with Crippen molar-refractivity contribution in [2.24, 2.45) is 5.73 Å². The van der Waals surface area contributed by atoms with Crippen LogP contribution in [0.4, 0.5) is 11.9 Å². The van der Waals surface area contributed by atoms with Gasteiger partial charge < -0.3 is 16.0 Å². The molecule has 8 heteroatoms. The molecule has 1 saturated heterocycles. The number of nitrogens with one attached hydrogen (secondary N) is 1. The van der Waals surface area contributed by atoms with Crippen LogP contribution in [-0.4, -0.2) is 41.1 Å². The molecule has 0 spiro atoms. The molecule has 3 N–H and O–H groups in total. The summed E-state index contributed by atoms with van der Waals surface area (Å²) in [5.74, 6) is 1.39. The highest BCUT2D eigenvalue weighted by Crippen LogP contribution is 2.15. The first-order valence-electron chi connectivity index (χ1n) is 6.28. The summed E-state index contributed by atoms with van der Waals surface area (Å²) < 4.78 is 0. The van der Waals surface area contributed by atoms with Crippen molar-refractivity contribution in [2.75, 3.05) is 36.4 Å². The maximum Gasteiger partial charge on any atom is 0.230 e. The highest BCUT2D eigenvalue weighted by atomic mass is 35.5. The van der Waals surface area contributed by atoms with Gasteiger partial charge in [-0.1, -0.05) is 12.8 Å². The molecule has 0 atom stereocenters. The summed E-state index contributed by atoms with van der Waals surface area (Å²) in [5.41, 5.74) is 5.43. The van der Waals surface area contributed by atoms with Gasteiger partial charge in [0.05, 0.1) is 0 Å². The molecule has 1 aliphatic rings. The molecule has 0 unspecified atom stereocenters. The normalized spacial score (nSPS) is 14.9. The molecule has 0 aliphatic carbocycles. The lowest BCUT2D eigenvalue weighted by atomic mass is 10.2. The third-order valence-corrected chi connectivity index (χ3v) is 2.88. The van der Waals surface area contributed by atoms with Crippen molar-refractivity contribution in [1.29, 1.82) is 0 Å². The van der Waals surface area contributed by atoms with Crippen molar-refractivity contribution in [3.63, 3.8) is 0 Å². The number of halogens is 2. The van der Waals surface area contributed by atoms with Gasteiger partial charge in [0, 0.05) is 26.2 Å². The summed E-state index contributed by atoms with van der Waals surface area (Å²) >= 11 is 0. The Hall–Kier alpha value is -0.850. The van der Waals surface area contributed by atoms with E-state index in [1.54, 1.807) is 6.33 Å². The first-order valence-corrected chi connectivity index (χ1v) is 6.28. The van der Waals surface area contributed by atoms with Crippen molar-refractivity contribution in [2.45, 2.75) is 25.7 Å². The van der Waals surface area contributed by atoms with E-state index >= 15 is 0 Å². The molecular weight excluding hydrogens is 287 g/mol. The second-order valence-electron chi connectivity index (χ2n) is 4.23. The maximum atomic E-state index is 5.43. The summed E-state index contributed by atoms with van der Waals surface area (Å²) in [6, 6.07) is 0. The topological polar surface area (TPSA) is 80.0 Å². The van der Waals surface area contributed by atoms with Gasteiger partial charge in [-0.05, 0) is 12.8 Å². The number of hydrogen-bond acceptors (Lipinski definition) is 6. The van der Waals surface area contributed by atoms with Crippen molar-refractivity contribution < 1.29 is 0 Å². The minimum atomic E-state index is 0. The Bertz CT molecular complexity index is 344. The van der Waals surface area contributed by atoms with E-state index in [9.17, 15) is 0 Å². The van der Waals surface area contributed by atoms with E-state index in [0.717, 1.165) is 19.0 Å². The molecule has 0 saturated carbocycles. The molecule has 1 aromatic heterocycles. The molecule has 1 aromatic rings. The smallest absolute Gasteiger partial charge is 0.230 e. The predicted octanol–water partition coefficient (Wildman–Crippen LogP) is 1.47. The van der Waals surface area contributed by atoms with E-state index in [-0.39, 0.29) is 24.8 Å². The van der Waals surface area contributed by atoms with Gasteiger partial charge in [0.2, 0.25) is 11.9 Å². The Morgan fingerprint density at radius 3 is 2.42 bits per heavy atom. The molecular formula is C11H22Cl2N6. The monoisotopic (exact) mass is 308 g/mol. The highest BCUT2D eigenvalue weighted by molar-refractivity contribution is 5.85. The third-order valence-electron chi connectivity index (χ3n) is 2.88. The van der Waals surface area contributed by atoms with E-state index in [4.69, 9.17) is 5.73 Å². The van der Waals surface area contributed by atoms with Crippen LogP contribution in [0.2, 0.25) is 0 Å². The molecule has 0 amide bonds. The number of aromatic nitrogens is 3. The summed E-state index contributed by atoms with van der Waals surface area (Å²) in [6.45, 7) is 3.34. The fraction of sp³-hybridized carbons (Fsp3) is 0.727. The van der Waals surface area contributed by atoms with Gasteiger partial charge in [0.1, 0.15) is 6.33 Å². The largest absolute Gasteiger partial charge is 0.353 e. The first-order chi connectivity index (χ1) is 8.40. The van der Waals surface area contributed by atoms with Crippen LogP contribution in [0, 0.1) is 0 Å². The highest BCUT2D eigenvalue weighted by Gasteiger charge is 2.12. The van der Waals surface area contributed by atoms with Gasteiger partial charge >= 0.3 is 0 Å². The third kappa shape index (κ3) is 5.76. The molecule has 1 aliphatic heterocycles. The zero-order chi connectivity index (χ0) is 11.9. The van der Waals surface area contributed by atoms with Crippen LogP contribution >= 0.6 is 24.8 Å². The Balaban J connectivity index is 0.00000162. The maximum absolute atomic E-state index is 5.43. The summed E-state index contributed by atoms with van der Waals surface area (Å²) in [6.07, 6.45) is 6.61. The van der Waals surface area contributed by atoms with Crippen molar-refractivity contribution in [3.8, 4) is 0 Å². The summed E-state index contributed by atoms with van der Waals surface area (Å²) in [5, 5.41) is 3.08. The lowest BCUT2D eigenvalue weighted by molar-refractivity contribution is 0.726. The molecule has 0 aromatic carbocycles. The minimum absolute atomic E-state index is 0. The molecule has 2 heterocycles. The summed E-state index contributed by atoms with van der Waals surface area (Å²) in [4.78, 5) is 15.0. The SMILES string of the molecule is Cl.Cl.NCCNc1ncnc(N2CCCCCC2)n1. The van der Waals surface area contributed by atoms with Crippen LogP contribution in [0.25, 0.3) is 0 Å². The van der Waals surface area contributed by atoms with E-state index in [0.29, 0.717) is 19.0 Å². The summed E-state index contributed by atoms with van der Waals surface area (Å²) in [7, 11) is 0. The zero-order valence-corrected chi connectivity index (χ0v) is 12.5. The number of nitrogens with zero attached hydrogens (tertiary/aromatic N) is 4. The molecule has 0 bridgehead atoms. The Labute approximate surface area is 126 Å². The van der Waals surface area contributed by atoms with Crippen molar-refractivity contribution in [3.05, 3.63) is 6.33 Å². The first kappa shape index (κ1) is 18.1. The lowest BCUT2D eigenvalue weighted by Crippen LogP contribution is -2.26. The second-order valence-corrected chi connectivity index (χ2v) is 4.23. The fourth-order valence-corrected chi connectivity index (χ4v) is 1.98. The van der Waals surface area contributed by atoms with Crippen molar-refractivity contribution in [1.82, 2.24) is 15.0 Å². The molecule has 19 heavy (non-hydrogen) atoms. The van der Waals surface area contributed by atoms with Crippen LogP contribution in [-0.2, 0) is 0 Å². The van der Waals surface area contributed by atoms with E-state index in [1.165, 1.54) is 25.7 Å². The molecule has 2 rings (SSSR count). The molecule has 0 radical (unpaired) electrons. The van der Waals surface area contributed by atoms with E-state index < -0.39 is 0 Å². The fourth-order valence-electron chi connectivity index (χ4n) is 1.98. The van der Waals surface area contributed by atoms with Gasteiger partial charge in [0.25, 0.3) is 0 Å². The van der Waals surface area contributed by atoms with Crippen molar-refractivity contribution >= 4 is 36.7 Å². The van der Waals surface area contributed by atoms with E-state index in [1.807, 2.05) is 0 Å². The Morgan fingerprint density at radius 1 is 1.11 bits per heavy atom. The van der Waals surface area contributed by atoms with Crippen LogP contribution in [0.3, 0.4) is 0 Å². The van der Waals surface area contributed by atoms with Crippen LogP contribution in [0.1, 0.15) is 25.7 Å². The van der Waals surface area contributed by atoms with E-state index in [2.05, 4.69) is 25.2 Å². The Morgan fingerprint density at radius 2 is 1.79 bits per heavy atom. The second kappa shape index (κ2) is 10.00. The number of anilines is 2. The number of nitrogens with two attached hydrogens (primary N) is 1. The van der Waals surface area contributed by atoms with Crippen LogP contribution < -0.4 is 16.0 Å². The molecule has 6 nitrogen and oxygen atoms in total. The quantitative estimate of drug-likeness (QED) is 0.876. The number of hydrogen-bond donors (Lipinski definition) is 2. The average molecular weight is 309 g/mol. The van der Waals surface area contributed by atoms with Gasteiger partial charge in [-0.15, -0.1) is 24.8 Å². The lowest BCUT2D eigenvalue weighted by Gasteiger charge is -2.19. The van der Waals surface area contributed by atoms with Crippen LogP contribution in [0.5, 0.6) is 0 Å². The average Bonchev–Trinajstić information content (AvgIpc) is 2.65. The Kier molecular flexibility index (Phi) is 9.55. The molecule has 110 valence electrons. The minimum Gasteiger partial charge on any atom is -0.353 e. The van der Waals surface area contributed by atoms with Gasteiger partial charge in [0.15, 0.2) is 0 Å².